The molecule has 0 aliphatic carbocycles. The summed E-state index contributed by atoms with van der Waals surface area (Å²) >= 11 is 6.00. The van der Waals surface area contributed by atoms with Gasteiger partial charge in [0.2, 0.25) is 0 Å². The minimum atomic E-state index is -0.164. The number of benzene rings is 2. The summed E-state index contributed by atoms with van der Waals surface area (Å²) in [4.78, 5) is 33.2. The first kappa shape index (κ1) is 32.1. The summed E-state index contributed by atoms with van der Waals surface area (Å²) in [6, 6.07) is 14.7. The minimum Gasteiger partial charge on any atom is -0.492 e. The molecule has 6 rings (SSSR count). The summed E-state index contributed by atoms with van der Waals surface area (Å²) in [5.41, 5.74) is 7.23. The Morgan fingerprint density at radius 1 is 0.778 bits per heavy atom. The van der Waals surface area contributed by atoms with Crippen molar-refractivity contribution < 1.29 is 14.9 Å². The fourth-order valence-electron chi connectivity index (χ4n) is 5.64. The first-order valence-electron chi connectivity index (χ1n) is 14.8. The molecule has 0 radical (unpaired) electrons. The van der Waals surface area contributed by atoms with Crippen LogP contribution in [0.15, 0.2) is 82.9 Å². The second kappa shape index (κ2) is 14.2. The number of halogens is 1. The van der Waals surface area contributed by atoms with E-state index in [1.54, 1.807) is 41.5 Å². The van der Waals surface area contributed by atoms with Gasteiger partial charge in [0.25, 0.3) is 11.1 Å². The summed E-state index contributed by atoms with van der Waals surface area (Å²) in [5, 5.41) is 23.7. The smallest absolute Gasteiger partial charge is 0.260 e. The zero-order valence-electron chi connectivity index (χ0n) is 25.2. The standard InChI is InChI=1S/C20H25N3O3.C14H11ClN2O2/c1-13(2)9-14(21)12-26-15-3-4-17-16-5-6-22-11-18(16)20(25)23(7-8-24)19(17)10-15;15-9-1-2-11-10-3-4-16-8-12(10)14(19)17(5-6-18)13(11)7-9/h3-6,10-11,13-14,24H,7-9,12,21H2,1-2H3;1-4,7-8,18H,5-6H2/t14-;/m0./s1. The van der Waals surface area contributed by atoms with Gasteiger partial charge in [-0.25, -0.2) is 0 Å². The number of aliphatic hydroxyl groups excluding tert-OH is 2. The van der Waals surface area contributed by atoms with Crippen LogP contribution in [0.25, 0.3) is 43.4 Å². The van der Waals surface area contributed by atoms with Crippen LogP contribution < -0.4 is 21.6 Å². The minimum absolute atomic E-state index is 0.0343. The van der Waals surface area contributed by atoms with Gasteiger partial charge in [0.05, 0.1) is 35.0 Å². The molecule has 2 aromatic carbocycles. The molecule has 0 saturated heterocycles. The Bertz CT molecular complexity index is 2090. The molecule has 234 valence electrons. The summed E-state index contributed by atoms with van der Waals surface area (Å²) in [7, 11) is 0. The van der Waals surface area contributed by atoms with Crippen molar-refractivity contribution >= 4 is 55.0 Å². The van der Waals surface area contributed by atoms with Crippen LogP contribution in [0.5, 0.6) is 5.75 Å². The third-order valence-corrected chi connectivity index (χ3v) is 7.80. The van der Waals surface area contributed by atoms with Gasteiger partial charge in [0, 0.05) is 65.8 Å². The number of rotatable bonds is 9. The van der Waals surface area contributed by atoms with Crippen LogP contribution in [-0.4, -0.2) is 55.2 Å². The molecule has 0 unspecified atom stereocenters. The van der Waals surface area contributed by atoms with Gasteiger partial charge in [-0.15, -0.1) is 0 Å². The maximum absolute atomic E-state index is 12.8. The average Bonchev–Trinajstić information content (AvgIpc) is 3.04. The molecular weight excluding hydrogens is 594 g/mol. The molecular formula is C34H36ClN5O5. The van der Waals surface area contributed by atoms with E-state index in [0.29, 0.717) is 34.1 Å². The van der Waals surface area contributed by atoms with Crippen molar-refractivity contribution in [3.8, 4) is 5.75 Å². The normalized spacial score (nSPS) is 12.2. The maximum Gasteiger partial charge on any atom is 0.260 e. The molecule has 11 heteroatoms. The van der Waals surface area contributed by atoms with Gasteiger partial charge in [-0.1, -0.05) is 31.5 Å². The maximum atomic E-state index is 12.8. The van der Waals surface area contributed by atoms with Crippen molar-refractivity contribution in [1.82, 2.24) is 19.1 Å². The molecule has 4 aromatic heterocycles. The first-order chi connectivity index (χ1) is 21.7. The molecule has 1 atom stereocenters. The molecule has 0 aliphatic rings. The van der Waals surface area contributed by atoms with Crippen LogP contribution in [0.4, 0.5) is 0 Å². The lowest BCUT2D eigenvalue weighted by molar-refractivity contribution is 0.270. The number of aliphatic hydroxyl groups is 2. The van der Waals surface area contributed by atoms with E-state index in [4.69, 9.17) is 27.2 Å². The molecule has 0 fully saturated rings. The van der Waals surface area contributed by atoms with Crippen LogP contribution in [0.2, 0.25) is 5.02 Å². The number of aromatic nitrogens is 4. The van der Waals surface area contributed by atoms with E-state index in [0.717, 1.165) is 39.0 Å². The highest BCUT2D eigenvalue weighted by molar-refractivity contribution is 6.31. The van der Waals surface area contributed by atoms with Gasteiger partial charge >= 0.3 is 0 Å². The number of nitrogens with two attached hydrogens (primary N) is 1. The summed E-state index contributed by atoms with van der Waals surface area (Å²) in [6.45, 7) is 4.91. The van der Waals surface area contributed by atoms with E-state index in [2.05, 4.69) is 23.8 Å². The summed E-state index contributed by atoms with van der Waals surface area (Å²) in [6.07, 6.45) is 7.35. The Kier molecular flexibility index (Phi) is 10.1. The van der Waals surface area contributed by atoms with Crippen molar-refractivity contribution in [1.29, 1.82) is 0 Å². The van der Waals surface area contributed by atoms with E-state index < -0.39 is 0 Å². The number of fused-ring (bicyclic) bond motifs is 6. The fraction of sp³-hybridized carbons (Fsp3) is 0.294. The van der Waals surface area contributed by atoms with Crippen LogP contribution in [-0.2, 0) is 13.1 Å². The zero-order valence-corrected chi connectivity index (χ0v) is 25.9. The topological polar surface area (TPSA) is 145 Å². The third kappa shape index (κ3) is 6.84. The van der Waals surface area contributed by atoms with Gasteiger partial charge in [-0.05, 0) is 59.5 Å². The number of pyridine rings is 4. The lowest BCUT2D eigenvalue weighted by Gasteiger charge is -2.17. The number of hydrogen-bond acceptors (Lipinski definition) is 8. The summed E-state index contributed by atoms with van der Waals surface area (Å²) in [5.74, 6) is 1.18. The molecule has 0 amide bonds. The summed E-state index contributed by atoms with van der Waals surface area (Å²) < 4.78 is 8.95. The largest absolute Gasteiger partial charge is 0.492 e. The second-order valence-corrected chi connectivity index (χ2v) is 11.7. The van der Waals surface area contributed by atoms with Crippen LogP contribution in [0, 0.1) is 5.92 Å². The molecule has 0 aliphatic heterocycles. The Morgan fingerprint density at radius 3 is 1.84 bits per heavy atom. The molecule has 10 nitrogen and oxygen atoms in total. The van der Waals surface area contributed by atoms with Gasteiger partial charge in [-0.3, -0.25) is 19.6 Å². The number of hydrogen-bond donors (Lipinski definition) is 3. The SMILES string of the molecule is CC(C)C[C@H](N)COc1ccc2c3ccncc3c(=O)n(CCO)c2c1.O=c1c2cnccc2c2ccc(Cl)cc2n1CCO. The number of nitrogens with zero attached hydrogens (tertiary/aromatic N) is 4. The first-order valence-corrected chi connectivity index (χ1v) is 15.2. The predicted molar refractivity (Wildman–Crippen MR) is 179 cm³/mol. The van der Waals surface area contributed by atoms with Gasteiger partial charge in [-0.2, -0.15) is 0 Å². The molecule has 0 saturated carbocycles. The number of ether oxygens (including phenoxy) is 1. The van der Waals surface area contributed by atoms with E-state index in [1.807, 2.05) is 36.4 Å². The fourth-order valence-corrected chi connectivity index (χ4v) is 5.80. The van der Waals surface area contributed by atoms with Gasteiger partial charge in [0.1, 0.15) is 12.4 Å². The Labute approximate surface area is 264 Å². The molecule has 6 aromatic rings. The zero-order chi connectivity index (χ0) is 32.1. The van der Waals surface area contributed by atoms with Gasteiger partial charge in [0.15, 0.2) is 0 Å². The molecule has 0 spiro atoms. The molecule has 0 bridgehead atoms. The van der Waals surface area contributed by atoms with Crippen LogP contribution in [0.1, 0.15) is 20.3 Å². The quantitative estimate of drug-likeness (QED) is 0.198. The van der Waals surface area contributed by atoms with Crippen molar-refractivity contribution in [2.75, 3.05) is 19.8 Å². The highest BCUT2D eigenvalue weighted by Crippen LogP contribution is 2.27. The third-order valence-electron chi connectivity index (χ3n) is 7.57. The Balaban J connectivity index is 0.000000186. The van der Waals surface area contributed by atoms with Crippen molar-refractivity contribution in [3.05, 3.63) is 99.0 Å². The van der Waals surface area contributed by atoms with E-state index >= 15 is 0 Å². The predicted octanol–water partition coefficient (Wildman–Crippen LogP) is 4.49. The van der Waals surface area contributed by atoms with E-state index in [-0.39, 0.29) is 43.5 Å². The molecule has 4 heterocycles. The molecule has 45 heavy (non-hydrogen) atoms. The van der Waals surface area contributed by atoms with E-state index in [1.165, 1.54) is 4.57 Å². The monoisotopic (exact) mass is 629 g/mol. The van der Waals surface area contributed by atoms with Crippen molar-refractivity contribution in [2.24, 2.45) is 11.7 Å². The lowest BCUT2D eigenvalue weighted by atomic mass is 10.1. The molecule has 4 N–H and O–H groups in total. The van der Waals surface area contributed by atoms with Gasteiger partial charge < -0.3 is 29.8 Å². The Morgan fingerprint density at radius 2 is 1.31 bits per heavy atom. The van der Waals surface area contributed by atoms with Crippen molar-refractivity contribution in [3.63, 3.8) is 0 Å². The van der Waals surface area contributed by atoms with E-state index in [9.17, 15) is 14.7 Å². The highest BCUT2D eigenvalue weighted by Gasteiger charge is 2.13. The Hall–Kier alpha value is -4.35. The highest BCUT2D eigenvalue weighted by atomic mass is 35.5. The second-order valence-electron chi connectivity index (χ2n) is 11.2. The van der Waals surface area contributed by atoms with Crippen LogP contribution in [0.3, 0.4) is 0 Å². The lowest BCUT2D eigenvalue weighted by Crippen LogP contribution is -2.29. The van der Waals surface area contributed by atoms with Crippen molar-refractivity contribution in [2.45, 2.75) is 39.4 Å². The van der Waals surface area contributed by atoms with Crippen LogP contribution >= 0.6 is 11.6 Å². The average molecular weight is 630 g/mol.